The summed E-state index contributed by atoms with van der Waals surface area (Å²) >= 11 is 3.50. The monoisotopic (exact) mass is 347 g/mol. The number of aromatic nitrogens is 2. The second kappa shape index (κ2) is 4.97. The highest BCUT2D eigenvalue weighted by atomic mass is 79.9. The molecule has 0 radical (unpaired) electrons. The third-order valence-corrected chi connectivity index (χ3v) is 4.24. The van der Waals surface area contributed by atoms with Crippen molar-refractivity contribution in [1.29, 1.82) is 5.26 Å². The topological polar surface area (TPSA) is 52.5 Å². The summed E-state index contributed by atoms with van der Waals surface area (Å²) < 4.78 is 1.00. The predicted molar refractivity (Wildman–Crippen MR) is 91.5 cm³/mol. The number of rotatable bonds is 1. The van der Waals surface area contributed by atoms with Gasteiger partial charge in [-0.15, -0.1) is 0 Å². The lowest BCUT2D eigenvalue weighted by molar-refractivity contribution is 1.36. The summed E-state index contributed by atoms with van der Waals surface area (Å²) in [5, 5.41) is 11.5. The first-order valence-corrected chi connectivity index (χ1v) is 7.62. The minimum atomic E-state index is 0.583. The molecule has 0 saturated heterocycles. The molecule has 0 atom stereocenters. The maximum atomic E-state index is 9.49. The maximum absolute atomic E-state index is 9.49. The molecule has 104 valence electrons. The molecule has 0 spiro atoms. The van der Waals surface area contributed by atoms with E-state index >= 15 is 0 Å². The average Bonchev–Trinajstić information content (AvgIpc) is 2.96. The Balaban J connectivity index is 2.07. The van der Waals surface area contributed by atoms with E-state index in [1.165, 1.54) is 0 Å². The van der Waals surface area contributed by atoms with Gasteiger partial charge in [-0.05, 0) is 30.3 Å². The maximum Gasteiger partial charge on any atom is 0.101 e. The van der Waals surface area contributed by atoms with Gasteiger partial charge in [0.05, 0.1) is 16.8 Å². The highest BCUT2D eigenvalue weighted by Crippen LogP contribution is 2.32. The Kier molecular flexibility index (Phi) is 2.95. The van der Waals surface area contributed by atoms with Crippen LogP contribution in [0.2, 0.25) is 0 Å². The van der Waals surface area contributed by atoms with Crippen molar-refractivity contribution in [3.63, 3.8) is 0 Å². The molecular weight excluding hydrogens is 338 g/mol. The van der Waals surface area contributed by atoms with Gasteiger partial charge in [0, 0.05) is 32.5 Å². The van der Waals surface area contributed by atoms with Crippen LogP contribution in [0.3, 0.4) is 0 Å². The molecule has 0 aliphatic carbocycles. The number of fused-ring (bicyclic) bond motifs is 2. The quantitative estimate of drug-likeness (QED) is 0.525. The molecule has 4 aromatic rings. The van der Waals surface area contributed by atoms with E-state index in [0.717, 1.165) is 31.8 Å². The van der Waals surface area contributed by atoms with Crippen LogP contribution in [-0.2, 0) is 0 Å². The molecule has 0 amide bonds. The average molecular weight is 348 g/mol. The van der Waals surface area contributed by atoms with Crippen molar-refractivity contribution in [3.8, 4) is 17.3 Å². The summed E-state index contributed by atoms with van der Waals surface area (Å²) in [6.45, 7) is 0. The number of hydrogen-bond acceptors (Lipinski definition) is 2. The van der Waals surface area contributed by atoms with Crippen LogP contribution in [0.5, 0.6) is 0 Å². The second-order valence-corrected chi connectivity index (χ2v) is 6.00. The predicted octanol–water partition coefficient (Wildman–Crippen LogP) is 5.02. The fraction of sp³-hybridized carbons (Fsp3) is 0. The number of benzene rings is 2. The number of para-hydroxylation sites is 1. The van der Waals surface area contributed by atoms with Gasteiger partial charge in [0.25, 0.3) is 0 Å². The summed E-state index contributed by atoms with van der Waals surface area (Å²) in [4.78, 5) is 7.95. The summed E-state index contributed by atoms with van der Waals surface area (Å²) in [6, 6.07) is 18.0. The minimum Gasteiger partial charge on any atom is -0.360 e. The molecule has 2 heterocycles. The van der Waals surface area contributed by atoms with Gasteiger partial charge in [0.2, 0.25) is 0 Å². The molecule has 4 heteroatoms. The van der Waals surface area contributed by atoms with E-state index in [4.69, 9.17) is 4.98 Å². The van der Waals surface area contributed by atoms with Gasteiger partial charge in [-0.3, -0.25) is 0 Å². The zero-order valence-corrected chi connectivity index (χ0v) is 13.1. The number of H-pyrrole nitrogens is 1. The summed E-state index contributed by atoms with van der Waals surface area (Å²) in [5.41, 5.74) is 4.15. The number of nitriles is 1. The smallest absolute Gasteiger partial charge is 0.101 e. The van der Waals surface area contributed by atoms with Crippen LogP contribution >= 0.6 is 15.9 Å². The van der Waals surface area contributed by atoms with Crippen molar-refractivity contribution < 1.29 is 0 Å². The zero-order valence-electron chi connectivity index (χ0n) is 11.5. The van der Waals surface area contributed by atoms with E-state index in [2.05, 4.69) is 27.0 Å². The zero-order chi connectivity index (χ0) is 15.1. The number of nitrogens with one attached hydrogen (secondary N) is 1. The van der Waals surface area contributed by atoms with Crippen molar-refractivity contribution in [2.24, 2.45) is 0 Å². The molecule has 22 heavy (non-hydrogen) atoms. The second-order valence-electron chi connectivity index (χ2n) is 5.08. The molecule has 0 aliphatic heterocycles. The van der Waals surface area contributed by atoms with Crippen molar-refractivity contribution in [2.75, 3.05) is 0 Å². The number of aromatic amines is 1. The Morgan fingerprint density at radius 3 is 2.82 bits per heavy atom. The Morgan fingerprint density at radius 1 is 1.09 bits per heavy atom. The van der Waals surface area contributed by atoms with Gasteiger partial charge in [-0.1, -0.05) is 34.1 Å². The van der Waals surface area contributed by atoms with Gasteiger partial charge in [0.15, 0.2) is 0 Å². The number of nitrogens with zero attached hydrogens (tertiary/aromatic N) is 2. The van der Waals surface area contributed by atoms with Crippen molar-refractivity contribution in [1.82, 2.24) is 9.97 Å². The molecule has 0 unspecified atom stereocenters. The minimum absolute atomic E-state index is 0.583. The first kappa shape index (κ1) is 13.1. The van der Waals surface area contributed by atoms with Gasteiger partial charge in [0.1, 0.15) is 6.07 Å². The standard InChI is InChI=1S/C18H10BrN3/c19-13-5-6-17-14(8-13)15(10-21-17)18-12(9-20)7-11-3-1-2-4-16(11)22-18/h1-8,10,21H. The number of pyridine rings is 1. The molecule has 1 N–H and O–H groups in total. The van der Waals surface area contributed by atoms with Crippen molar-refractivity contribution in [3.05, 3.63) is 64.8 Å². The van der Waals surface area contributed by atoms with E-state index in [1.807, 2.05) is 54.7 Å². The fourth-order valence-corrected chi connectivity index (χ4v) is 3.06. The van der Waals surface area contributed by atoms with Gasteiger partial charge in [-0.25, -0.2) is 4.98 Å². The van der Waals surface area contributed by atoms with Gasteiger partial charge >= 0.3 is 0 Å². The fourth-order valence-electron chi connectivity index (χ4n) is 2.70. The van der Waals surface area contributed by atoms with Crippen LogP contribution in [0, 0.1) is 11.3 Å². The number of hydrogen-bond donors (Lipinski definition) is 1. The summed E-state index contributed by atoms with van der Waals surface area (Å²) in [7, 11) is 0. The highest BCUT2D eigenvalue weighted by molar-refractivity contribution is 9.10. The van der Waals surface area contributed by atoms with Crippen molar-refractivity contribution >= 4 is 37.7 Å². The molecule has 0 bridgehead atoms. The third kappa shape index (κ3) is 1.99. The first-order valence-electron chi connectivity index (χ1n) is 6.83. The Bertz CT molecular complexity index is 1060. The van der Waals surface area contributed by atoms with Gasteiger partial charge in [-0.2, -0.15) is 5.26 Å². The van der Waals surface area contributed by atoms with Crippen LogP contribution in [0.1, 0.15) is 5.56 Å². The van der Waals surface area contributed by atoms with Gasteiger partial charge < -0.3 is 4.98 Å². The van der Waals surface area contributed by atoms with Crippen molar-refractivity contribution in [2.45, 2.75) is 0 Å². The Hall–Kier alpha value is -2.64. The van der Waals surface area contributed by atoms with E-state index in [9.17, 15) is 5.26 Å². The third-order valence-electron chi connectivity index (χ3n) is 3.74. The number of halogens is 1. The summed E-state index contributed by atoms with van der Waals surface area (Å²) in [6.07, 6.45) is 1.91. The highest BCUT2D eigenvalue weighted by Gasteiger charge is 2.13. The van der Waals surface area contributed by atoms with E-state index < -0.39 is 0 Å². The molecule has 0 aliphatic rings. The van der Waals surface area contributed by atoms with E-state index in [0.29, 0.717) is 11.3 Å². The molecule has 0 saturated carbocycles. The molecule has 4 rings (SSSR count). The Morgan fingerprint density at radius 2 is 1.95 bits per heavy atom. The molecular formula is C18H10BrN3. The molecule has 2 aromatic carbocycles. The largest absolute Gasteiger partial charge is 0.360 e. The molecule has 2 aromatic heterocycles. The first-order chi connectivity index (χ1) is 10.8. The lowest BCUT2D eigenvalue weighted by Crippen LogP contribution is -1.90. The SMILES string of the molecule is N#Cc1cc2ccccc2nc1-c1c[nH]c2ccc(Br)cc12. The van der Waals surface area contributed by atoms with Crippen LogP contribution in [0.25, 0.3) is 33.1 Å². The van der Waals surface area contributed by atoms with E-state index in [-0.39, 0.29) is 0 Å². The van der Waals surface area contributed by atoms with Crippen LogP contribution in [-0.4, -0.2) is 9.97 Å². The lowest BCUT2D eigenvalue weighted by Gasteiger charge is -2.05. The van der Waals surface area contributed by atoms with E-state index in [1.54, 1.807) is 0 Å². The Labute approximate surface area is 135 Å². The normalized spacial score (nSPS) is 10.9. The lowest BCUT2D eigenvalue weighted by atomic mass is 10.0. The van der Waals surface area contributed by atoms with Crippen LogP contribution in [0.4, 0.5) is 0 Å². The van der Waals surface area contributed by atoms with Crippen LogP contribution in [0.15, 0.2) is 59.2 Å². The van der Waals surface area contributed by atoms with Crippen LogP contribution < -0.4 is 0 Å². The molecule has 3 nitrogen and oxygen atoms in total. The molecule has 0 fully saturated rings. The summed E-state index contributed by atoms with van der Waals surface area (Å²) in [5.74, 6) is 0.